The van der Waals surface area contributed by atoms with Gasteiger partial charge < -0.3 is 5.32 Å². The second-order valence-electron chi connectivity index (χ2n) is 6.87. The Bertz CT molecular complexity index is 1200. The number of pyridine rings is 1. The smallest absolute Gasteiger partial charge is 0.230 e. The number of thioether (sulfide) groups is 1. The fourth-order valence-corrected chi connectivity index (χ4v) is 4.09. The summed E-state index contributed by atoms with van der Waals surface area (Å²) in [5.74, 6) is 0.814. The average molecular weight is 450 g/mol. The van der Waals surface area contributed by atoms with Gasteiger partial charge in [0.1, 0.15) is 0 Å². The highest BCUT2D eigenvalue weighted by Crippen LogP contribution is 2.29. The van der Waals surface area contributed by atoms with Gasteiger partial charge >= 0.3 is 0 Å². The molecule has 0 aliphatic rings. The molecule has 1 N–H and O–H groups in total. The molecule has 0 spiro atoms. The number of nitrogens with zero attached hydrogens (tertiary/aromatic N) is 4. The van der Waals surface area contributed by atoms with Crippen LogP contribution in [-0.4, -0.2) is 31.4 Å². The van der Waals surface area contributed by atoms with Crippen LogP contribution in [0, 0.1) is 6.92 Å². The van der Waals surface area contributed by atoms with Gasteiger partial charge in [-0.2, -0.15) is 0 Å². The Hall–Kier alpha value is -3.16. The normalized spacial score (nSPS) is 10.8. The lowest BCUT2D eigenvalue weighted by molar-refractivity contribution is -0.118. The van der Waals surface area contributed by atoms with E-state index in [0.29, 0.717) is 22.5 Å². The van der Waals surface area contributed by atoms with E-state index in [9.17, 15) is 4.79 Å². The monoisotopic (exact) mass is 449 g/mol. The van der Waals surface area contributed by atoms with Crippen molar-refractivity contribution >= 4 is 29.3 Å². The van der Waals surface area contributed by atoms with Crippen molar-refractivity contribution in [2.75, 3.05) is 5.75 Å². The Morgan fingerprint density at radius 2 is 1.97 bits per heavy atom. The third-order valence-corrected chi connectivity index (χ3v) is 5.78. The largest absolute Gasteiger partial charge is 0.351 e. The fourth-order valence-electron chi connectivity index (χ4n) is 3.11. The Balaban J connectivity index is 1.54. The van der Waals surface area contributed by atoms with Crippen molar-refractivity contribution in [1.29, 1.82) is 0 Å². The van der Waals surface area contributed by atoms with Gasteiger partial charge in [-0.15, -0.1) is 10.2 Å². The topological polar surface area (TPSA) is 72.7 Å². The predicted molar refractivity (Wildman–Crippen MR) is 123 cm³/mol. The Morgan fingerprint density at radius 1 is 1.10 bits per heavy atom. The summed E-state index contributed by atoms with van der Waals surface area (Å²) in [7, 11) is 0. The van der Waals surface area contributed by atoms with Gasteiger partial charge in [-0.05, 0) is 48.4 Å². The maximum atomic E-state index is 12.4. The average Bonchev–Trinajstić information content (AvgIpc) is 3.21. The lowest BCUT2D eigenvalue weighted by Gasteiger charge is -2.12. The van der Waals surface area contributed by atoms with Crippen LogP contribution in [0.3, 0.4) is 0 Å². The van der Waals surface area contributed by atoms with Crippen LogP contribution in [0.15, 0.2) is 78.2 Å². The molecule has 0 unspecified atom stereocenters. The third kappa shape index (κ3) is 5.13. The Morgan fingerprint density at radius 3 is 2.74 bits per heavy atom. The highest BCUT2D eigenvalue weighted by Gasteiger charge is 2.18. The molecule has 4 rings (SSSR count). The molecule has 0 aliphatic carbocycles. The number of nitrogens with one attached hydrogen (secondary N) is 1. The number of halogens is 1. The van der Waals surface area contributed by atoms with Gasteiger partial charge in [0.15, 0.2) is 11.0 Å². The maximum Gasteiger partial charge on any atom is 0.230 e. The number of benzene rings is 2. The van der Waals surface area contributed by atoms with Crippen molar-refractivity contribution < 1.29 is 4.79 Å². The molecule has 0 bridgehead atoms. The van der Waals surface area contributed by atoms with Gasteiger partial charge in [0.2, 0.25) is 5.91 Å². The van der Waals surface area contributed by atoms with Crippen LogP contribution in [0.4, 0.5) is 0 Å². The Kier molecular flexibility index (Phi) is 6.64. The number of aryl methyl sites for hydroxylation is 1. The number of hydrogen-bond donors (Lipinski definition) is 1. The number of carbonyl (C=O) groups is 1. The first-order valence-electron chi connectivity index (χ1n) is 9.67. The summed E-state index contributed by atoms with van der Waals surface area (Å²) in [4.78, 5) is 16.6. The van der Waals surface area contributed by atoms with Crippen LogP contribution in [-0.2, 0) is 11.3 Å². The first-order chi connectivity index (χ1) is 15.1. The van der Waals surface area contributed by atoms with E-state index >= 15 is 0 Å². The van der Waals surface area contributed by atoms with E-state index in [1.54, 1.807) is 18.5 Å². The van der Waals surface area contributed by atoms with Gasteiger partial charge in [-0.1, -0.05) is 53.7 Å². The number of para-hydroxylation sites is 1. The van der Waals surface area contributed by atoms with Crippen molar-refractivity contribution in [3.63, 3.8) is 0 Å². The molecule has 156 valence electrons. The quantitative estimate of drug-likeness (QED) is 0.414. The molecule has 2 aromatic carbocycles. The van der Waals surface area contributed by atoms with Crippen molar-refractivity contribution in [1.82, 2.24) is 25.1 Å². The van der Waals surface area contributed by atoms with Crippen LogP contribution < -0.4 is 5.32 Å². The second kappa shape index (κ2) is 9.76. The molecule has 6 nitrogen and oxygen atoms in total. The minimum atomic E-state index is -0.0905. The summed E-state index contributed by atoms with van der Waals surface area (Å²) in [6.07, 6.45) is 3.48. The predicted octanol–water partition coefficient (Wildman–Crippen LogP) is 4.70. The minimum Gasteiger partial charge on any atom is -0.351 e. The van der Waals surface area contributed by atoms with Crippen LogP contribution in [0.1, 0.15) is 11.1 Å². The molecule has 0 atom stereocenters. The first-order valence-corrected chi connectivity index (χ1v) is 11.0. The number of carbonyl (C=O) groups excluding carboxylic acids is 1. The molecule has 2 heterocycles. The van der Waals surface area contributed by atoms with Crippen LogP contribution >= 0.6 is 23.4 Å². The van der Waals surface area contributed by atoms with Gasteiger partial charge in [0.25, 0.3) is 0 Å². The number of amides is 1. The van der Waals surface area contributed by atoms with Crippen molar-refractivity contribution in [3.05, 3.63) is 89.2 Å². The molecule has 0 saturated heterocycles. The van der Waals surface area contributed by atoms with Crippen molar-refractivity contribution in [3.8, 4) is 17.1 Å². The number of hydrogen-bond acceptors (Lipinski definition) is 5. The van der Waals surface area contributed by atoms with E-state index in [0.717, 1.165) is 22.4 Å². The summed E-state index contributed by atoms with van der Waals surface area (Å²) in [6, 6.07) is 19.3. The van der Waals surface area contributed by atoms with Crippen molar-refractivity contribution in [2.24, 2.45) is 0 Å². The summed E-state index contributed by atoms with van der Waals surface area (Å²) < 4.78 is 1.97. The van der Waals surface area contributed by atoms with Crippen molar-refractivity contribution in [2.45, 2.75) is 18.6 Å². The van der Waals surface area contributed by atoms with Gasteiger partial charge in [0, 0.05) is 29.5 Å². The van der Waals surface area contributed by atoms with Crippen LogP contribution in [0.25, 0.3) is 17.1 Å². The molecular formula is C23H20ClN5OS. The number of aromatic nitrogens is 4. The molecule has 31 heavy (non-hydrogen) atoms. The zero-order valence-electron chi connectivity index (χ0n) is 16.8. The standard InChI is InChI=1S/C23H20ClN5OS/c1-16-6-2-3-10-20(16)29-22(18-8-5-11-25-14-18)27-28-23(29)31-15-21(30)26-13-17-7-4-9-19(24)12-17/h2-12,14H,13,15H2,1H3,(H,26,30). The summed E-state index contributed by atoms with van der Waals surface area (Å²) >= 11 is 7.35. The minimum absolute atomic E-state index is 0.0905. The molecule has 0 radical (unpaired) electrons. The summed E-state index contributed by atoms with van der Waals surface area (Å²) in [6.45, 7) is 2.46. The van der Waals surface area contributed by atoms with E-state index in [1.807, 2.05) is 66.1 Å². The molecule has 4 aromatic rings. The molecule has 1 amide bonds. The van der Waals surface area contributed by atoms with E-state index in [4.69, 9.17) is 11.6 Å². The first kappa shape index (κ1) is 21.1. The summed E-state index contributed by atoms with van der Waals surface area (Å²) in [5, 5.41) is 13.0. The van der Waals surface area contributed by atoms with Crippen LogP contribution in [0.2, 0.25) is 5.02 Å². The molecular weight excluding hydrogens is 430 g/mol. The second-order valence-corrected chi connectivity index (χ2v) is 8.24. The van der Waals surface area contributed by atoms with E-state index < -0.39 is 0 Å². The maximum absolute atomic E-state index is 12.4. The lowest BCUT2D eigenvalue weighted by atomic mass is 10.2. The number of rotatable bonds is 7. The molecule has 8 heteroatoms. The molecule has 0 saturated carbocycles. The van der Waals surface area contributed by atoms with E-state index in [1.165, 1.54) is 11.8 Å². The molecule has 0 aliphatic heterocycles. The SMILES string of the molecule is Cc1ccccc1-n1c(SCC(=O)NCc2cccc(Cl)c2)nnc1-c1cccnc1. The van der Waals surface area contributed by atoms with Gasteiger partial charge in [-0.3, -0.25) is 14.3 Å². The van der Waals surface area contributed by atoms with E-state index in [2.05, 4.69) is 20.5 Å². The lowest BCUT2D eigenvalue weighted by Crippen LogP contribution is -2.24. The van der Waals surface area contributed by atoms with E-state index in [-0.39, 0.29) is 11.7 Å². The molecule has 0 fully saturated rings. The highest BCUT2D eigenvalue weighted by molar-refractivity contribution is 7.99. The fraction of sp³-hybridized carbons (Fsp3) is 0.130. The summed E-state index contributed by atoms with van der Waals surface area (Å²) in [5.41, 5.74) is 3.86. The van der Waals surface area contributed by atoms with Gasteiger partial charge in [-0.25, -0.2) is 0 Å². The third-order valence-electron chi connectivity index (χ3n) is 4.62. The van der Waals surface area contributed by atoms with Crippen LogP contribution in [0.5, 0.6) is 0 Å². The zero-order valence-corrected chi connectivity index (χ0v) is 18.4. The van der Waals surface area contributed by atoms with Gasteiger partial charge in [0.05, 0.1) is 11.4 Å². The molecule has 2 aromatic heterocycles. The zero-order chi connectivity index (χ0) is 21.6. The highest BCUT2D eigenvalue weighted by atomic mass is 35.5. The Labute approximate surface area is 189 Å².